The fourth-order valence-electron chi connectivity index (χ4n) is 2.60. The quantitative estimate of drug-likeness (QED) is 0.786. The van der Waals surface area contributed by atoms with Crippen molar-refractivity contribution in [2.75, 3.05) is 19.7 Å². The predicted octanol–water partition coefficient (Wildman–Crippen LogP) is 3.05. The Morgan fingerprint density at radius 2 is 1.83 bits per heavy atom. The molecule has 3 nitrogen and oxygen atoms in total. The highest BCUT2D eigenvalue weighted by Gasteiger charge is 2.12. The van der Waals surface area contributed by atoms with Gasteiger partial charge in [0.25, 0.3) is 0 Å². The lowest BCUT2D eigenvalue weighted by Gasteiger charge is -2.23. The van der Waals surface area contributed by atoms with Gasteiger partial charge in [-0.25, -0.2) is 4.39 Å². The van der Waals surface area contributed by atoms with Gasteiger partial charge in [-0.2, -0.15) is 0 Å². The summed E-state index contributed by atoms with van der Waals surface area (Å²) in [5.74, 6) is -0.257. The van der Waals surface area contributed by atoms with Crippen molar-refractivity contribution in [2.45, 2.75) is 26.0 Å². The van der Waals surface area contributed by atoms with E-state index in [1.165, 1.54) is 11.6 Å². The van der Waals surface area contributed by atoms with Gasteiger partial charge in [-0.05, 0) is 36.1 Å². The van der Waals surface area contributed by atoms with Gasteiger partial charge in [0.15, 0.2) is 0 Å². The minimum atomic E-state index is -0.633. The van der Waals surface area contributed by atoms with Gasteiger partial charge in [0, 0.05) is 19.6 Å². The molecule has 2 aromatic carbocycles. The van der Waals surface area contributed by atoms with Crippen molar-refractivity contribution < 1.29 is 14.6 Å². The molecule has 1 unspecified atom stereocenters. The molecule has 0 spiro atoms. The van der Waals surface area contributed by atoms with E-state index in [-0.39, 0.29) is 12.4 Å². The van der Waals surface area contributed by atoms with Crippen molar-refractivity contribution >= 4 is 0 Å². The second-order valence-corrected chi connectivity index (χ2v) is 5.80. The molecule has 23 heavy (non-hydrogen) atoms. The van der Waals surface area contributed by atoms with E-state index in [1.54, 1.807) is 19.1 Å². The number of halogens is 1. The second-order valence-electron chi connectivity index (χ2n) is 5.80. The normalized spacial score (nSPS) is 12.6. The molecular weight excluding hydrogens is 293 g/mol. The summed E-state index contributed by atoms with van der Waals surface area (Å²) >= 11 is 0. The summed E-state index contributed by atoms with van der Waals surface area (Å²) < 4.78 is 13.3. The summed E-state index contributed by atoms with van der Waals surface area (Å²) in [4.78, 5) is 2.11. The topological polar surface area (TPSA) is 43.7 Å². The van der Waals surface area contributed by atoms with Crippen LogP contribution in [-0.2, 0) is 6.54 Å². The lowest BCUT2D eigenvalue weighted by atomic mass is 10.0. The molecule has 4 heteroatoms. The lowest BCUT2D eigenvalue weighted by molar-refractivity contribution is 0.127. The highest BCUT2D eigenvalue weighted by atomic mass is 19.1. The van der Waals surface area contributed by atoms with Crippen LogP contribution in [0.15, 0.2) is 48.5 Å². The van der Waals surface area contributed by atoms with E-state index in [4.69, 9.17) is 0 Å². The Kier molecular flexibility index (Phi) is 6.71. The van der Waals surface area contributed by atoms with Crippen molar-refractivity contribution in [1.82, 2.24) is 4.90 Å². The molecule has 2 aromatic rings. The Bertz CT molecular complexity index is 604. The Morgan fingerprint density at radius 1 is 1.09 bits per heavy atom. The highest BCUT2D eigenvalue weighted by molar-refractivity contribution is 5.25. The molecule has 0 saturated carbocycles. The van der Waals surface area contributed by atoms with Crippen LogP contribution in [0.4, 0.5) is 4.39 Å². The van der Waals surface area contributed by atoms with Crippen molar-refractivity contribution in [3.63, 3.8) is 0 Å². The Hall–Kier alpha value is -1.75. The number of benzene rings is 2. The first kappa shape index (κ1) is 17.6. The van der Waals surface area contributed by atoms with Crippen molar-refractivity contribution in [1.29, 1.82) is 0 Å². The van der Waals surface area contributed by atoms with Gasteiger partial charge in [0.1, 0.15) is 5.82 Å². The van der Waals surface area contributed by atoms with E-state index < -0.39 is 6.10 Å². The zero-order valence-electron chi connectivity index (χ0n) is 13.5. The van der Waals surface area contributed by atoms with Crippen molar-refractivity contribution in [3.8, 4) is 0 Å². The van der Waals surface area contributed by atoms with Gasteiger partial charge in [0.05, 0.1) is 12.7 Å². The maximum absolute atomic E-state index is 13.3. The van der Waals surface area contributed by atoms with E-state index in [0.29, 0.717) is 25.1 Å². The standard InChI is InChI=1S/C19H24FNO2/c1-15-13-17(7-8-18(15)20)19(23)9-10-21(11-12-22)14-16-5-3-2-4-6-16/h2-8,13,19,22-23H,9-12,14H2,1H3. The molecule has 0 fully saturated rings. The summed E-state index contributed by atoms with van der Waals surface area (Å²) in [7, 11) is 0. The predicted molar refractivity (Wildman–Crippen MR) is 89.5 cm³/mol. The van der Waals surface area contributed by atoms with Gasteiger partial charge < -0.3 is 10.2 Å². The first-order valence-electron chi connectivity index (χ1n) is 7.91. The molecule has 2 N–H and O–H groups in total. The van der Waals surface area contributed by atoms with E-state index in [2.05, 4.69) is 4.90 Å². The summed E-state index contributed by atoms with van der Waals surface area (Å²) in [6.45, 7) is 3.73. The number of hydrogen-bond acceptors (Lipinski definition) is 3. The van der Waals surface area contributed by atoms with Gasteiger partial charge in [-0.1, -0.05) is 42.5 Å². The molecule has 0 radical (unpaired) electrons. The van der Waals surface area contributed by atoms with Crippen LogP contribution in [0, 0.1) is 12.7 Å². The third-order valence-electron chi connectivity index (χ3n) is 3.95. The SMILES string of the molecule is Cc1cc(C(O)CCN(CCO)Cc2ccccc2)ccc1F. The number of aliphatic hydroxyl groups excluding tert-OH is 2. The van der Waals surface area contributed by atoms with Crippen LogP contribution in [0.2, 0.25) is 0 Å². The molecule has 0 bridgehead atoms. The van der Waals surface area contributed by atoms with E-state index in [0.717, 1.165) is 12.1 Å². The molecule has 2 rings (SSSR count). The Labute approximate surface area is 137 Å². The Balaban J connectivity index is 1.93. The fraction of sp³-hybridized carbons (Fsp3) is 0.368. The van der Waals surface area contributed by atoms with Gasteiger partial charge in [-0.3, -0.25) is 4.90 Å². The average Bonchev–Trinajstić information content (AvgIpc) is 2.56. The van der Waals surface area contributed by atoms with Crippen LogP contribution >= 0.6 is 0 Å². The van der Waals surface area contributed by atoms with E-state index in [1.807, 2.05) is 30.3 Å². The maximum Gasteiger partial charge on any atom is 0.126 e. The number of nitrogens with zero attached hydrogens (tertiary/aromatic N) is 1. The number of hydrogen-bond donors (Lipinski definition) is 2. The maximum atomic E-state index is 13.3. The molecule has 0 aliphatic rings. The second kappa shape index (κ2) is 8.77. The van der Waals surface area contributed by atoms with E-state index >= 15 is 0 Å². The van der Waals surface area contributed by atoms with Gasteiger partial charge in [0.2, 0.25) is 0 Å². The van der Waals surface area contributed by atoms with Crippen LogP contribution in [0.3, 0.4) is 0 Å². The third-order valence-corrected chi connectivity index (χ3v) is 3.95. The summed E-state index contributed by atoms with van der Waals surface area (Å²) in [6, 6.07) is 14.7. The Morgan fingerprint density at radius 3 is 2.48 bits per heavy atom. The number of rotatable bonds is 8. The first-order chi connectivity index (χ1) is 11.1. The largest absolute Gasteiger partial charge is 0.395 e. The zero-order chi connectivity index (χ0) is 16.7. The highest BCUT2D eigenvalue weighted by Crippen LogP contribution is 2.20. The molecule has 1 atom stereocenters. The van der Waals surface area contributed by atoms with Crippen LogP contribution < -0.4 is 0 Å². The van der Waals surface area contributed by atoms with Gasteiger partial charge in [-0.15, -0.1) is 0 Å². The first-order valence-corrected chi connectivity index (χ1v) is 7.91. The molecule has 0 aliphatic heterocycles. The van der Waals surface area contributed by atoms with Crippen LogP contribution in [0.1, 0.15) is 29.2 Å². The van der Waals surface area contributed by atoms with Crippen LogP contribution in [-0.4, -0.2) is 34.8 Å². The molecule has 124 valence electrons. The van der Waals surface area contributed by atoms with E-state index in [9.17, 15) is 14.6 Å². The summed E-state index contributed by atoms with van der Waals surface area (Å²) in [6.07, 6.45) is -0.0935. The molecule has 0 aromatic heterocycles. The minimum Gasteiger partial charge on any atom is -0.395 e. The molecule has 0 amide bonds. The molecule has 0 aliphatic carbocycles. The number of aliphatic hydroxyl groups is 2. The smallest absolute Gasteiger partial charge is 0.126 e. The minimum absolute atomic E-state index is 0.0819. The molecular formula is C19H24FNO2. The van der Waals surface area contributed by atoms with Gasteiger partial charge >= 0.3 is 0 Å². The monoisotopic (exact) mass is 317 g/mol. The van der Waals surface area contributed by atoms with Crippen molar-refractivity contribution in [2.24, 2.45) is 0 Å². The lowest BCUT2D eigenvalue weighted by Crippen LogP contribution is -2.28. The summed E-state index contributed by atoms with van der Waals surface area (Å²) in [5, 5.41) is 19.5. The third kappa shape index (κ3) is 5.43. The number of aryl methyl sites for hydroxylation is 1. The molecule has 0 heterocycles. The molecule has 0 saturated heterocycles. The van der Waals surface area contributed by atoms with Crippen LogP contribution in [0.25, 0.3) is 0 Å². The van der Waals surface area contributed by atoms with Crippen molar-refractivity contribution in [3.05, 3.63) is 71.0 Å². The fourth-order valence-corrected chi connectivity index (χ4v) is 2.60. The average molecular weight is 317 g/mol. The zero-order valence-corrected chi connectivity index (χ0v) is 13.5. The van der Waals surface area contributed by atoms with Crippen LogP contribution in [0.5, 0.6) is 0 Å². The summed E-state index contributed by atoms with van der Waals surface area (Å²) in [5.41, 5.74) is 2.44.